The van der Waals surface area contributed by atoms with E-state index in [1.807, 2.05) is 19.9 Å². The van der Waals surface area contributed by atoms with Gasteiger partial charge in [0.25, 0.3) is 0 Å². The molecule has 1 aliphatic rings. The van der Waals surface area contributed by atoms with E-state index in [4.69, 9.17) is 4.74 Å². The van der Waals surface area contributed by atoms with Crippen molar-refractivity contribution in [2.24, 2.45) is 0 Å². The highest BCUT2D eigenvalue weighted by molar-refractivity contribution is 7.99. The molecule has 0 unspecified atom stereocenters. The molecule has 2 aromatic heterocycles. The molecule has 0 spiro atoms. The fourth-order valence-corrected chi connectivity index (χ4v) is 4.50. The minimum Gasteiger partial charge on any atom is -0.379 e. The van der Waals surface area contributed by atoms with Gasteiger partial charge in [-0.25, -0.2) is 0 Å². The van der Waals surface area contributed by atoms with Crippen LogP contribution in [-0.4, -0.2) is 62.1 Å². The number of aromatic nitrogens is 4. The molecule has 3 heterocycles. The number of rotatable bonds is 8. The molecule has 1 fully saturated rings. The monoisotopic (exact) mass is 391 g/mol. The quantitative estimate of drug-likeness (QED) is 0.509. The molecule has 7 nitrogen and oxygen atoms in total. The largest absolute Gasteiger partial charge is 0.379 e. The number of Topliss-reactive ketones (excluding diaryl/α,β-unsaturated/α-hetero) is 1. The van der Waals surface area contributed by atoms with Crippen LogP contribution in [0.15, 0.2) is 11.2 Å². The molecular formula is C19H29N5O2S. The molecule has 27 heavy (non-hydrogen) atoms. The Balaban J connectivity index is 1.66. The number of hydrogen-bond acceptors (Lipinski definition) is 6. The highest BCUT2D eigenvalue weighted by Crippen LogP contribution is 2.22. The SMILES string of the molecule is CCn1c(CN2CCOCC2)nnc1SCC(=O)c1cc(C)n(CC)c1C. The smallest absolute Gasteiger partial charge is 0.191 e. The van der Waals surface area contributed by atoms with Crippen molar-refractivity contribution in [2.45, 2.75) is 52.5 Å². The maximum Gasteiger partial charge on any atom is 0.191 e. The molecule has 0 saturated carbocycles. The number of carbonyl (C=O) groups excluding carboxylic acids is 1. The van der Waals surface area contributed by atoms with Crippen molar-refractivity contribution in [2.75, 3.05) is 32.1 Å². The summed E-state index contributed by atoms with van der Waals surface area (Å²) in [6.07, 6.45) is 0. The van der Waals surface area contributed by atoms with Crippen LogP contribution >= 0.6 is 11.8 Å². The third-order valence-electron chi connectivity index (χ3n) is 5.10. The van der Waals surface area contributed by atoms with Gasteiger partial charge in [0.2, 0.25) is 0 Å². The van der Waals surface area contributed by atoms with Crippen molar-refractivity contribution in [3.63, 3.8) is 0 Å². The van der Waals surface area contributed by atoms with Crippen molar-refractivity contribution in [1.29, 1.82) is 0 Å². The van der Waals surface area contributed by atoms with Crippen molar-refractivity contribution in [1.82, 2.24) is 24.2 Å². The van der Waals surface area contributed by atoms with Crippen LogP contribution in [0.4, 0.5) is 0 Å². The summed E-state index contributed by atoms with van der Waals surface area (Å²) >= 11 is 1.48. The van der Waals surface area contributed by atoms with Crippen molar-refractivity contribution in [3.8, 4) is 0 Å². The normalized spacial score (nSPS) is 15.4. The molecule has 0 bridgehead atoms. The van der Waals surface area contributed by atoms with Gasteiger partial charge in [-0.3, -0.25) is 9.69 Å². The predicted molar refractivity (Wildman–Crippen MR) is 106 cm³/mol. The zero-order valence-electron chi connectivity index (χ0n) is 16.7. The van der Waals surface area contributed by atoms with Gasteiger partial charge in [-0.05, 0) is 33.8 Å². The molecule has 0 amide bonds. The maximum atomic E-state index is 12.7. The zero-order valence-corrected chi connectivity index (χ0v) is 17.5. The molecule has 1 aliphatic heterocycles. The second-order valence-corrected chi connectivity index (χ2v) is 7.71. The Hall–Kier alpha value is -1.64. The van der Waals surface area contributed by atoms with Crippen LogP contribution in [0.5, 0.6) is 0 Å². The lowest BCUT2D eigenvalue weighted by atomic mass is 10.2. The molecule has 0 aromatic carbocycles. The van der Waals surface area contributed by atoms with Gasteiger partial charge in [0.1, 0.15) is 5.82 Å². The Bertz CT molecular complexity index is 792. The molecular weight excluding hydrogens is 362 g/mol. The van der Waals surface area contributed by atoms with Gasteiger partial charge in [0.05, 0.1) is 25.5 Å². The number of morpholine rings is 1. The Morgan fingerprint density at radius 3 is 2.48 bits per heavy atom. The van der Waals surface area contributed by atoms with Crippen molar-refractivity contribution in [3.05, 3.63) is 28.8 Å². The molecule has 0 N–H and O–H groups in total. The highest BCUT2D eigenvalue weighted by Gasteiger charge is 2.19. The van der Waals surface area contributed by atoms with Gasteiger partial charge < -0.3 is 13.9 Å². The summed E-state index contributed by atoms with van der Waals surface area (Å²) in [6.45, 7) is 14.1. The second kappa shape index (κ2) is 9.03. The average molecular weight is 392 g/mol. The minimum atomic E-state index is 0.146. The lowest BCUT2D eigenvalue weighted by Gasteiger charge is -2.26. The number of ether oxygens (including phenoxy) is 1. The lowest BCUT2D eigenvalue weighted by molar-refractivity contribution is 0.0325. The fourth-order valence-electron chi connectivity index (χ4n) is 3.60. The molecule has 8 heteroatoms. The van der Waals surface area contributed by atoms with Crippen molar-refractivity contribution >= 4 is 17.5 Å². The fraction of sp³-hybridized carbons (Fsp3) is 0.632. The number of ketones is 1. The third kappa shape index (κ3) is 4.44. The maximum absolute atomic E-state index is 12.7. The minimum absolute atomic E-state index is 0.146. The summed E-state index contributed by atoms with van der Waals surface area (Å²) in [5, 5.41) is 9.53. The third-order valence-corrected chi connectivity index (χ3v) is 6.07. The van der Waals surface area contributed by atoms with E-state index in [0.717, 1.165) is 73.9 Å². The van der Waals surface area contributed by atoms with E-state index in [9.17, 15) is 4.79 Å². The average Bonchev–Trinajstić information content (AvgIpc) is 3.19. The van der Waals surface area contributed by atoms with Crippen LogP contribution in [0.25, 0.3) is 0 Å². The Labute approximate surface area is 165 Å². The summed E-state index contributed by atoms with van der Waals surface area (Å²) in [4.78, 5) is 15.1. The van der Waals surface area contributed by atoms with E-state index in [1.54, 1.807) is 0 Å². The lowest BCUT2D eigenvalue weighted by Crippen LogP contribution is -2.36. The first kappa shape index (κ1) is 20.1. The molecule has 3 rings (SSSR count). The van der Waals surface area contributed by atoms with Crippen LogP contribution in [0.1, 0.15) is 41.4 Å². The number of nitrogens with zero attached hydrogens (tertiary/aromatic N) is 5. The van der Waals surface area contributed by atoms with Crippen LogP contribution in [0, 0.1) is 13.8 Å². The van der Waals surface area contributed by atoms with E-state index in [1.165, 1.54) is 11.8 Å². The van der Waals surface area contributed by atoms with Gasteiger partial charge in [0, 0.05) is 43.1 Å². The summed E-state index contributed by atoms with van der Waals surface area (Å²) in [5.74, 6) is 1.48. The highest BCUT2D eigenvalue weighted by atomic mass is 32.2. The molecule has 1 saturated heterocycles. The van der Waals surface area contributed by atoms with Gasteiger partial charge in [-0.1, -0.05) is 11.8 Å². The van der Waals surface area contributed by atoms with Gasteiger partial charge >= 0.3 is 0 Å². The molecule has 148 valence electrons. The van der Waals surface area contributed by atoms with Gasteiger partial charge in [-0.2, -0.15) is 0 Å². The topological polar surface area (TPSA) is 65.2 Å². The van der Waals surface area contributed by atoms with Crippen LogP contribution in [0.2, 0.25) is 0 Å². The van der Waals surface area contributed by atoms with E-state index in [-0.39, 0.29) is 5.78 Å². The predicted octanol–water partition coefficient (Wildman–Crippen LogP) is 2.54. The standard InChI is InChI=1S/C19H29N5O2S/c1-5-23-14(3)11-16(15(23)4)17(25)13-27-19-21-20-18(24(19)6-2)12-22-7-9-26-10-8-22/h11H,5-10,12-13H2,1-4H3. The van der Waals surface area contributed by atoms with Crippen LogP contribution in [-0.2, 0) is 24.4 Å². The van der Waals surface area contributed by atoms with Crippen molar-refractivity contribution < 1.29 is 9.53 Å². The summed E-state index contributed by atoms with van der Waals surface area (Å²) in [7, 11) is 0. The first-order valence-corrected chi connectivity index (χ1v) is 10.6. The number of thioether (sulfide) groups is 1. The Morgan fingerprint density at radius 1 is 1.15 bits per heavy atom. The second-order valence-electron chi connectivity index (χ2n) is 6.77. The van der Waals surface area contributed by atoms with Gasteiger partial charge in [0.15, 0.2) is 10.9 Å². The first-order valence-electron chi connectivity index (χ1n) is 9.60. The van der Waals surface area contributed by atoms with Crippen LogP contribution in [0.3, 0.4) is 0 Å². The van der Waals surface area contributed by atoms with E-state index >= 15 is 0 Å². The molecule has 2 aromatic rings. The van der Waals surface area contributed by atoms with E-state index in [2.05, 4.69) is 38.1 Å². The molecule has 0 aliphatic carbocycles. The Kier molecular flexibility index (Phi) is 6.73. The summed E-state index contributed by atoms with van der Waals surface area (Å²) in [5.41, 5.74) is 3.00. The van der Waals surface area contributed by atoms with Gasteiger partial charge in [-0.15, -0.1) is 10.2 Å². The number of aryl methyl sites for hydroxylation is 1. The Morgan fingerprint density at radius 2 is 1.85 bits per heavy atom. The zero-order chi connectivity index (χ0) is 19.4. The summed E-state index contributed by atoms with van der Waals surface area (Å²) < 4.78 is 9.69. The molecule has 0 radical (unpaired) electrons. The van der Waals surface area contributed by atoms with Crippen LogP contribution < -0.4 is 0 Å². The van der Waals surface area contributed by atoms with E-state index < -0.39 is 0 Å². The molecule has 0 atom stereocenters. The number of carbonyl (C=O) groups is 1. The first-order chi connectivity index (χ1) is 13.0. The number of hydrogen-bond donors (Lipinski definition) is 0. The van der Waals surface area contributed by atoms with E-state index in [0.29, 0.717) is 5.75 Å². The summed E-state index contributed by atoms with van der Waals surface area (Å²) in [6, 6.07) is 2.00.